The molecule has 0 atom stereocenters. The number of anilines is 1. The molecule has 3 aromatic rings. The first kappa shape index (κ1) is 22.8. The molecule has 0 bridgehead atoms. The molecule has 2 amide bonds. The minimum atomic E-state index is -4.72. The van der Waals surface area contributed by atoms with E-state index in [9.17, 15) is 22.8 Å². The number of amides is 2. The molecule has 0 unspecified atom stereocenters. The SMILES string of the molecule is Nc1nn2ccc(-c3cc4c(c(C(F)(F)F)c3)C(=O)N(CCC3CC3)C4)nc2c1C(=O)NC1COC1. The lowest BCUT2D eigenvalue weighted by Gasteiger charge is -2.26. The summed E-state index contributed by atoms with van der Waals surface area (Å²) in [6, 6.07) is 3.88. The van der Waals surface area contributed by atoms with E-state index in [1.54, 1.807) is 6.07 Å². The van der Waals surface area contributed by atoms with E-state index in [0.29, 0.717) is 31.2 Å². The van der Waals surface area contributed by atoms with Gasteiger partial charge in [-0.25, -0.2) is 9.50 Å². The van der Waals surface area contributed by atoms with Gasteiger partial charge in [0.1, 0.15) is 5.56 Å². The van der Waals surface area contributed by atoms with E-state index >= 15 is 0 Å². The van der Waals surface area contributed by atoms with Crippen LogP contribution in [0.25, 0.3) is 16.9 Å². The van der Waals surface area contributed by atoms with Gasteiger partial charge in [0.2, 0.25) is 0 Å². The fourth-order valence-electron chi connectivity index (χ4n) is 4.71. The molecule has 2 fully saturated rings. The lowest BCUT2D eigenvalue weighted by Crippen LogP contribution is -2.48. The molecule has 2 aliphatic heterocycles. The zero-order valence-electron chi connectivity index (χ0n) is 19.1. The fourth-order valence-corrected chi connectivity index (χ4v) is 4.71. The van der Waals surface area contributed by atoms with Gasteiger partial charge in [-0.2, -0.15) is 13.2 Å². The Morgan fingerprint density at radius 1 is 1.25 bits per heavy atom. The second-order valence-corrected chi connectivity index (χ2v) is 9.56. The third kappa shape index (κ3) is 3.94. The highest BCUT2D eigenvalue weighted by atomic mass is 19.4. The van der Waals surface area contributed by atoms with Crippen LogP contribution < -0.4 is 11.1 Å². The van der Waals surface area contributed by atoms with Crippen LogP contribution in [0, 0.1) is 5.92 Å². The van der Waals surface area contributed by atoms with Crippen molar-refractivity contribution in [2.75, 3.05) is 25.5 Å². The Kier molecular flexibility index (Phi) is 5.18. The maximum Gasteiger partial charge on any atom is 0.417 e. The van der Waals surface area contributed by atoms with E-state index in [1.807, 2.05) is 0 Å². The number of ether oxygens (including phenoxy) is 1. The number of benzene rings is 1. The standard InChI is InChI=1S/C24H23F3N6O3/c25-24(26,27)16-8-13(7-14-9-32(23(35)18(14)16)5-3-12-1-2-12)17-4-6-33-21(30-17)19(20(28)31-33)22(34)29-15-10-36-11-15/h4,6-8,12,15H,1-3,5,9-11H2,(H2,28,31)(H,29,34). The summed E-state index contributed by atoms with van der Waals surface area (Å²) in [7, 11) is 0. The molecule has 4 heterocycles. The quantitative estimate of drug-likeness (QED) is 0.538. The summed E-state index contributed by atoms with van der Waals surface area (Å²) < 4.78 is 48.6. The fraction of sp³-hybridized carbons (Fsp3) is 0.417. The van der Waals surface area contributed by atoms with Gasteiger partial charge >= 0.3 is 6.18 Å². The summed E-state index contributed by atoms with van der Waals surface area (Å²) in [4.78, 5) is 31.6. The maximum atomic E-state index is 14.1. The van der Waals surface area contributed by atoms with Crippen LogP contribution in [0.3, 0.4) is 0 Å². The number of carbonyl (C=O) groups is 2. The van der Waals surface area contributed by atoms with Crippen LogP contribution in [-0.2, 0) is 17.5 Å². The Morgan fingerprint density at radius 3 is 2.69 bits per heavy atom. The van der Waals surface area contributed by atoms with Crippen LogP contribution >= 0.6 is 0 Å². The summed E-state index contributed by atoms with van der Waals surface area (Å²) in [6.07, 6.45) is -0.218. The van der Waals surface area contributed by atoms with E-state index in [1.165, 1.54) is 21.7 Å². The minimum absolute atomic E-state index is 0.0424. The lowest BCUT2D eigenvalue weighted by molar-refractivity contribution is -0.137. The number of hydrogen-bond donors (Lipinski definition) is 2. The van der Waals surface area contributed by atoms with Gasteiger partial charge in [0.25, 0.3) is 11.8 Å². The number of alkyl halides is 3. The number of nitrogens with one attached hydrogen (secondary N) is 1. The van der Waals surface area contributed by atoms with E-state index in [2.05, 4.69) is 15.4 Å². The summed E-state index contributed by atoms with van der Waals surface area (Å²) in [5.41, 5.74) is 5.58. The molecule has 188 valence electrons. The van der Waals surface area contributed by atoms with E-state index in [4.69, 9.17) is 10.5 Å². The van der Waals surface area contributed by atoms with Gasteiger partial charge in [-0.05, 0) is 36.1 Å². The zero-order chi connectivity index (χ0) is 25.2. The van der Waals surface area contributed by atoms with Crippen LogP contribution in [0.5, 0.6) is 0 Å². The Bertz CT molecular complexity index is 1390. The predicted octanol–water partition coefficient (Wildman–Crippen LogP) is 2.88. The molecule has 12 heteroatoms. The molecule has 9 nitrogen and oxygen atoms in total. The Labute approximate surface area is 203 Å². The average Bonchev–Trinajstić information content (AvgIpc) is 3.49. The molecule has 3 N–H and O–H groups in total. The first-order valence-electron chi connectivity index (χ1n) is 11.8. The van der Waals surface area contributed by atoms with Crippen LogP contribution in [0.4, 0.5) is 19.0 Å². The Hall–Kier alpha value is -3.67. The van der Waals surface area contributed by atoms with Gasteiger partial charge in [0, 0.05) is 24.8 Å². The van der Waals surface area contributed by atoms with Gasteiger partial charge in [-0.15, -0.1) is 5.10 Å². The Balaban J connectivity index is 1.39. The number of nitrogens with zero attached hydrogens (tertiary/aromatic N) is 4. The van der Waals surface area contributed by atoms with Crippen molar-refractivity contribution in [2.24, 2.45) is 5.92 Å². The molecule has 1 saturated carbocycles. The van der Waals surface area contributed by atoms with Gasteiger partial charge in [0.15, 0.2) is 11.5 Å². The second kappa shape index (κ2) is 8.19. The Morgan fingerprint density at radius 2 is 2.03 bits per heavy atom. The third-order valence-corrected chi connectivity index (χ3v) is 6.90. The zero-order valence-corrected chi connectivity index (χ0v) is 19.1. The smallest absolute Gasteiger partial charge is 0.381 e. The lowest BCUT2D eigenvalue weighted by atomic mass is 9.97. The van der Waals surface area contributed by atoms with Crippen molar-refractivity contribution in [2.45, 2.75) is 38.0 Å². The van der Waals surface area contributed by atoms with Crippen LogP contribution in [-0.4, -0.2) is 57.1 Å². The first-order chi connectivity index (χ1) is 17.2. The first-order valence-corrected chi connectivity index (χ1v) is 11.8. The summed E-state index contributed by atoms with van der Waals surface area (Å²) >= 11 is 0. The number of halogens is 3. The highest BCUT2D eigenvalue weighted by molar-refractivity contribution is 6.04. The number of nitrogen functional groups attached to an aromatic ring is 1. The molecular weight excluding hydrogens is 477 g/mol. The van der Waals surface area contributed by atoms with Crippen LogP contribution in [0.15, 0.2) is 24.4 Å². The molecule has 0 radical (unpaired) electrons. The van der Waals surface area contributed by atoms with Crippen LogP contribution in [0.2, 0.25) is 0 Å². The molecule has 1 aliphatic carbocycles. The molecule has 0 spiro atoms. The average molecular weight is 500 g/mol. The van der Waals surface area contributed by atoms with Gasteiger partial charge in [0.05, 0.1) is 36.1 Å². The number of carbonyl (C=O) groups excluding carboxylic acids is 2. The van der Waals surface area contributed by atoms with Crippen LogP contribution in [0.1, 0.15) is 51.1 Å². The molecule has 36 heavy (non-hydrogen) atoms. The van der Waals surface area contributed by atoms with Gasteiger partial charge < -0.3 is 20.7 Å². The number of aromatic nitrogens is 3. The predicted molar refractivity (Wildman–Crippen MR) is 122 cm³/mol. The van der Waals surface area contributed by atoms with Crippen molar-refractivity contribution in [3.8, 4) is 11.3 Å². The maximum absolute atomic E-state index is 14.1. The van der Waals surface area contributed by atoms with Crippen molar-refractivity contribution in [1.29, 1.82) is 0 Å². The van der Waals surface area contributed by atoms with Gasteiger partial charge in [-0.3, -0.25) is 9.59 Å². The van der Waals surface area contributed by atoms with Gasteiger partial charge in [-0.1, -0.05) is 12.8 Å². The largest absolute Gasteiger partial charge is 0.417 e. The molecule has 2 aromatic heterocycles. The molecule has 1 aromatic carbocycles. The number of nitrogens with two attached hydrogens (primary N) is 1. The van der Waals surface area contributed by atoms with E-state index < -0.39 is 23.6 Å². The summed E-state index contributed by atoms with van der Waals surface area (Å²) in [5.74, 6) is -0.557. The van der Waals surface area contributed by atoms with Crippen molar-refractivity contribution < 1.29 is 27.5 Å². The molecule has 6 rings (SSSR count). The number of hydrogen-bond acceptors (Lipinski definition) is 6. The molecular formula is C24H23F3N6O3. The highest BCUT2D eigenvalue weighted by Gasteiger charge is 2.41. The van der Waals surface area contributed by atoms with Crippen molar-refractivity contribution >= 4 is 23.3 Å². The van der Waals surface area contributed by atoms with Crippen molar-refractivity contribution in [1.82, 2.24) is 24.8 Å². The monoisotopic (exact) mass is 500 g/mol. The van der Waals surface area contributed by atoms with Crippen molar-refractivity contribution in [3.63, 3.8) is 0 Å². The minimum Gasteiger partial charge on any atom is -0.381 e. The third-order valence-electron chi connectivity index (χ3n) is 6.90. The molecule has 3 aliphatic rings. The topological polar surface area (TPSA) is 115 Å². The number of rotatable bonds is 6. The summed E-state index contributed by atoms with van der Waals surface area (Å²) in [6.45, 7) is 1.33. The summed E-state index contributed by atoms with van der Waals surface area (Å²) in [5, 5.41) is 6.88. The molecule has 1 saturated heterocycles. The van der Waals surface area contributed by atoms with E-state index in [0.717, 1.165) is 25.3 Å². The highest BCUT2D eigenvalue weighted by Crippen LogP contribution is 2.41. The number of fused-ring (bicyclic) bond motifs is 2. The van der Waals surface area contributed by atoms with Crippen molar-refractivity contribution in [3.05, 3.63) is 46.6 Å². The second-order valence-electron chi connectivity index (χ2n) is 9.56. The van der Waals surface area contributed by atoms with E-state index in [-0.39, 0.29) is 46.4 Å². The normalized spacial score (nSPS) is 18.0.